The Balaban J connectivity index is 1.78. The minimum absolute atomic E-state index is 0.0484. The lowest BCUT2D eigenvalue weighted by atomic mass is 9.92. The van der Waals surface area contributed by atoms with E-state index in [0.717, 1.165) is 45.1 Å². The van der Waals surface area contributed by atoms with Crippen LogP contribution in [0.5, 0.6) is 0 Å². The molecule has 0 bridgehead atoms. The van der Waals surface area contributed by atoms with E-state index in [9.17, 15) is 9.90 Å². The van der Waals surface area contributed by atoms with Gasteiger partial charge in [0.1, 0.15) is 0 Å². The van der Waals surface area contributed by atoms with Crippen molar-refractivity contribution in [3.63, 3.8) is 0 Å². The Hall–Kier alpha value is -0.610. The number of likely N-dealkylation sites (tertiary alicyclic amines) is 1. The number of hydrogen-bond acceptors (Lipinski definition) is 3. The van der Waals surface area contributed by atoms with Crippen LogP contribution in [0.25, 0.3) is 0 Å². The van der Waals surface area contributed by atoms with Crippen LogP contribution in [0.15, 0.2) is 0 Å². The Morgan fingerprint density at radius 1 is 1.38 bits per heavy atom. The van der Waals surface area contributed by atoms with Crippen molar-refractivity contribution in [2.45, 2.75) is 50.1 Å². The molecule has 0 aromatic heterocycles. The van der Waals surface area contributed by atoms with Gasteiger partial charge in [0, 0.05) is 12.1 Å². The van der Waals surface area contributed by atoms with E-state index < -0.39 is 0 Å². The number of hydrogen-bond donors (Lipinski definition) is 2. The number of aliphatic hydroxyl groups excluding tert-OH is 1. The topological polar surface area (TPSA) is 66.6 Å². The third-order valence-corrected chi connectivity index (χ3v) is 4.75. The van der Waals surface area contributed by atoms with E-state index in [1.54, 1.807) is 0 Å². The summed E-state index contributed by atoms with van der Waals surface area (Å²) < 4.78 is 0. The normalized spacial score (nSPS) is 33.9. The number of rotatable bonds is 3. The molecule has 1 saturated heterocycles. The number of aliphatic hydroxyl groups is 1. The van der Waals surface area contributed by atoms with Gasteiger partial charge in [-0.25, -0.2) is 0 Å². The number of carbonyl (C=O) groups is 1. The van der Waals surface area contributed by atoms with Crippen molar-refractivity contribution in [2.75, 3.05) is 13.2 Å². The van der Waals surface area contributed by atoms with Gasteiger partial charge in [-0.3, -0.25) is 4.79 Å². The van der Waals surface area contributed by atoms with E-state index in [0.29, 0.717) is 0 Å². The molecule has 4 heteroatoms. The van der Waals surface area contributed by atoms with E-state index in [4.69, 9.17) is 5.73 Å². The van der Waals surface area contributed by atoms with Gasteiger partial charge in [0.25, 0.3) is 0 Å². The molecule has 0 aromatic rings. The maximum Gasteiger partial charge on any atom is 0.230 e. The molecule has 2 saturated carbocycles. The molecule has 90 valence electrons. The zero-order valence-electron chi connectivity index (χ0n) is 9.61. The predicted octanol–water partition coefficient (Wildman–Crippen LogP) is 0.241. The van der Waals surface area contributed by atoms with Crippen LogP contribution in [0.1, 0.15) is 38.5 Å². The second-order valence-corrected chi connectivity index (χ2v) is 5.72. The first-order valence-corrected chi connectivity index (χ1v) is 6.34. The van der Waals surface area contributed by atoms with Crippen molar-refractivity contribution in [1.82, 2.24) is 4.90 Å². The lowest BCUT2D eigenvalue weighted by molar-refractivity contribution is -0.139. The van der Waals surface area contributed by atoms with Gasteiger partial charge in [-0.2, -0.15) is 0 Å². The van der Waals surface area contributed by atoms with Crippen LogP contribution in [-0.2, 0) is 4.79 Å². The zero-order chi connectivity index (χ0) is 11.4. The second kappa shape index (κ2) is 3.20. The minimum atomic E-state index is -0.245. The van der Waals surface area contributed by atoms with Crippen molar-refractivity contribution in [2.24, 2.45) is 11.1 Å². The fourth-order valence-corrected chi connectivity index (χ4v) is 3.23. The smallest absolute Gasteiger partial charge is 0.230 e. The molecule has 16 heavy (non-hydrogen) atoms. The van der Waals surface area contributed by atoms with E-state index in [1.165, 1.54) is 0 Å². The minimum Gasteiger partial charge on any atom is -0.394 e. The maximum atomic E-state index is 12.5. The monoisotopic (exact) mass is 224 g/mol. The van der Waals surface area contributed by atoms with Crippen LogP contribution >= 0.6 is 0 Å². The van der Waals surface area contributed by atoms with Gasteiger partial charge in [-0.05, 0) is 38.5 Å². The molecular weight excluding hydrogens is 204 g/mol. The lowest BCUT2D eigenvalue weighted by Crippen LogP contribution is -2.49. The Morgan fingerprint density at radius 2 is 2.06 bits per heavy atom. The summed E-state index contributed by atoms with van der Waals surface area (Å²) in [7, 11) is 0. The Bertz CT molecular complexity index is 321. The first kappa shape index (κ1) is 10.5. The highest BCUT2D eigenvalue weighted by atomic mass is 16.3. The molecule has 3 N–H and O–H groups in total. The molecule has 0 radical (unpaired) electrons. The number of nitrogens with zero attached hydrogens (tertiary/aromatic N) is 1. The van der Waals surface area contributed by atoms with Gasteiger partial charge in [0.05, 0.1) is 18.1 Å². The first-order chi connectivity index (χ1) is 7.63. The lowest BCUT2D eigenvalue weighted by Gasteiger charge is -2.31. The molecule has 3 aliphatic rings. The second-order valence-electron chi connectivity index (χ2n) is 5.72. The molecule has 0 spiro atoms. The maximum absolute atomic E-state index is 12.5. The van der Waals surface area contributed by atoms with Gasteiger partial charge in [0.2, 0.25) is 5.91 Å². The Morgan fingerprint density at radius 3 is 2.56 bits per heavy atom. The molecule has 3 fully saturated rings. The van der Waals surface area contributed by atoms with Crippen LogP contribution in [0.4, 0.5) is 0 Å². The summed E-state index contributed by atoms with van der Waals surface area (Å²) in [5.74, 6) is 0.226. The zero-order valence-corrected chi connectivity index (χ0v) is 9.61. The third kappa shape index (κ3) is 1.26. The largest absolute Gasteiger partial charge is 0.394 e. The molecule has 1 heterocycles. The highest BCUT2D eigenvalue weighted by Crippen LogP contribution is 2.63. The van der Waals surface area contributed by atoms with Crippen LogP contribution in [0, 0.1) is 5.41 Å². The fraction of sp³-hybridized carbons (Fsp3) is 0.917. The van der Waals surface area contributed by atoms with Crippen LogP contribution in [0.2, 0.25) is 0 Å². The molecule has 2 aliphatic carbocycles. The van der Waals surface area contributed by atoms with Crippen LogP contribution in [0.3, 0.4) is 0 Å². The molecule has 0 aromatic carbocycles. The van der Waals surface area contributed by atoms with E-state index >= 15 is 0 Å². The highest BCUT2D eigenvalue weighted by Gasteiger charge is 2.68. The van der Waals surface area contributed by atoms with Crippen molar-refractivity contribution in [3.05, 3.63) is 0 Å². The van der Waals surface area contributed by atoms with Crippen molar-refractivity contribution < 1.29 is 9.90 Å². The molecular formula is C12H20N2O2. The first-order valence-electron chi connectivity index (χ1n) is 6.34. The van der Waals surface area contributed by atoms with Crippen molar-refractivity contribution >= 4 is 5.91 Å². The Labute approximate surface area is 95.8 Å². The number of amides is 1. The molecule has 4 nitrogen and oxygen atoms in total. The van der Waals surface area contributed by atoms with Gasteiger partial charge in [-0.1, -0.05) is 0 Å². The SMILES string of the molecule is NC1(C2(C(=O)N3CCCC3CO)CC2)CC1. The molecule has 1 aliphatic heterocycles. The van der Waals surface area contributed by atoms with Crippen LogP contribution < -0.4 is 5.73 Å². The molecule has 1 amide bonds. The average Bonchev–Trinajstić information content (AvgIpc) is 3.17. The summed E-state index contributed by atoms with van der Waals surface area (Å²) in [6.45, 7) is 0.904. The highest BCUT2D eigenvalue weighted by molar-refractivity contribution is 5.88. The summed E-state index contributed by atoms with van der Waals surface area (Å²) in [5, 5.41) is 9.26. The van der Waals surface area contributed by atoms with E-state index in [-0.39, 0.29) is 29.5 Å². The third-order valence-electron chi connectivity index (χ3n) is 4.75. The summed E-state index contributed by atoms with van der Waals surface area (Å²) in [4.78, 5) is 14.4. The summed E-state index contributed by atoms with van der Waals surface area (Å²) >= 11 is 0. The summed E-state index contributed by atoms with van der Waals surface area (Å²) in [6.07, 6.45) is 5.86. The summed E-state index contributed by atoms with van der Waals surface area (Å²) in [5.41, 5.74) is 5.79. The molecule has 1 unspecified atom stereocenters. The van der Waals surface area contributed by atoms with Crippen molar-refractivity contribution in [1.29, 1.82) is 0 Å². The van der Waals surface area contributed by atoms with Gasteiger partial charge in [-0.15, -0.1) is 0 Å². The average molecular weight is 224 g/mol. The number of nitrogens with two attached hydrogens (primary N) is 1. The van der Waals surface area contributed by atoms with Gasteiger partial charge >= 0.3 is 0 Å². The van der Waals surface area contributed by atoms with E-state index in [2.05, 4.69) is 0 Å². The quantitative estimate of drug-likeness (QED) is 0.721. The van der Waals surface area contributed by atoms with E-state index in [1.807, 2.05) is 4.90 Å². The molecule has 1 atom stereocenters. The van der Waals surface area contributed by atoms with Gasteiger partial charge < -0.3 is 15.7 Å². The number of carbonyl (C=O) groups excluding carboxylic acids is 1. The Kier molecular flexibility index (Phi) is 2.11. The van der Waals surface area contributed by atoms with Crippen LogP contribution in [-0.4, -0.2) is 40.6 Å². The van der Waals surface area contributed by atoms with Crippen molar-refractivity contribution in [3.8, 4) is 0 Å². The fourth-order valence-electron chi connectivity index (χ4n) is 3.23. The van der Waals surface area contributed by atoms with Gasteiger partial charge in [0.15, 0.2) is 0 Å². The predicted molar refractivity (Wildman–Crippen MR) is 59.6 cm³/mol. The standard InChI is InChI=1S/C12H20N2O2/c13-12(5-6-12)11(3-4-11)10(16)14-7-1-2-9(14)8-15/h9,15H,1-8,13H2. The summed E-state index contributed by atoms with van der Waals surface area (Å²) in [6, 6.07) is 0.0484. The molecule has 3 rings (SSSR count).